The zero-order valence-corrected chi connectivity index (χ0v) is 23.5. The van der Waals surface area contributed by atoms with Crippen molar-refractivity contribution in [1.29, 1.82) is 0 Å². The van der Waals surface area contributed by atoms with Crippen LogP contribution in [0.4, 0.5) is 13.2 Å². The number of fused-ring (bicyclic) bond motifs is 1. The summed E-state index contributed by atoms with van der Waals surface area (Å²) >= 11 is 3.52. The number of hydrogen-bond acceptors (Lipinski definition) is 5. The number of hydrogen-bond donors (Lipinski definition) is 0. The quantitative estimate of drug-likeness (QED) is 0.175. The summed E-state index contributed by atoms with van der Waals surface area (Å²) in [5.41, 5.74) is 1.72. The molecule has 41 heavy (non-hydrogen) atoms. The third-order valence-electron chi connectivity index (χ3n) is 6.24. The van der Waals surface area contributed by atoms with Crippen molar-refractivity contribution in [3.63, 3.8) is 0 Å². The molecule has 208 valence electrons. The molecule has 0 bridgehead atoms. The first-order valence-corrected chi connectivity index (χ1v) is 13.2. The largest absolute Gasteiger partial charge is 0.493 e. The molecule has 4 aromatic carbocycles. The molecule has 0 fully saturated rings. The first-order valence-electron chi connectivity index (χ1n) is 12.4. The Labute approximate surface area is 241 Å². The van der Waals surface area contributed by atoms with Crippen molar-refractivity contribution in [2.75, 3.05) is 7.11 Å². The number of rotatable bonds is 7. The molecule has 5 aromatic rings. The fraction of sp³-hybridized carbons (Fsp3) is 0.129. The number of ether oxygens (including phenoxy) is 2. The van der Waals surface area contributed by atoms with E-state index in [4.69, 9.17) is 9.47 Å². The third kappa shape index (κ3) is 6.17. The van der Waals surface area contributed by atoms with Crippen molar-refractivity contribution in [2.24, 2.45) is 5.10 Å². The van der Waals surface area contributed by atoms with Crippen LogP contribution in [0.25, 0.3) is 22.3 Å². The Hall–Kier alpha value is -4.44. The van der Waals surface area contributed by atoms with E-state index in [0.29, 0.717) is 33.7 Å². The highest BCUT2D eigenvalue weighted by molar-refractivity contribution is 9.10. The van der Waals surface area contributed by atoms with Gasteiger partial charge in [-0.2, -0.15) is 22.9 Å². The Bertz CT molecular complexity index is 1830. The first kappa shape index (κ1) is 28.1. The number of aryl methyl sites for hydroxylation is 1. The summed E-state index contributed by atoms with van der Waals surface area (Å²) in [6.07, 6.45) is -3.15. The molecule has 1 heterocycles. The predicted octanol–water partition coefficient (Wildman–Crippen LogP) is 7.62. The van der Waals surface area contributed by atoms with Crippen LogP contribution in [-0.2, 0) is 12.8 Å². The molecule has 10 heteroatoms. The summed E-state index contributed by atoms with van der Waals surface area (Å²) in [7, 11) is 1.51. The zero-order chi connectivity index (χ0) is 29.1. The van der Waals surface area contributed by atoms with E-state index >= 15 is 0 Å². The van der Waals surface area contributed by atoms with Crippen LogP contribution in [-0.4, -0.2) is 23.0 Å². The molecule has 0 radical (unpaired) electrons. The molecule has 0 aliphatic carbocycles. The molecule has 0 unspecified atom stereocenters. The fourth-order valence-electron chi connectivity index (χ4n) is 4.29. The molecule has 0 saturated heterocycles. The van der Waals surface area contributed by atoms with Crippen molar-refractivity contribution in [3.05, 3.63) is 122 Å². The van der Waals surface area contributed by atoms with Crippen LogP contribution in [0.5, 0.6) is 11.5 Å². The average molecular weight is 622 g/mol. The van der Waals surface area contributed by atoms with E-state index < -0.39 is 17.3 Å². The molecule has 0 aliphatic heterocycles. The smallest absolute Gasteiger partial charge is 0.416 e. The molecule has 0 amide bonds. The summed E-state index contributed by atoms with van der Waals surface area (Å²) in [5, 5.41) is 4.64. The number of benzene rings is 4. The highest BCUT2D eigenvalue weighted by Crippen LogP contribution is 2.37. The van der Waals surface area contributed by atoms with E-state index in [1.807, 2.05) is 31.2 Å². The molecule has 5 rings (SSSR count). The van der Waals surface area contributed by atoms with E-state index in [2.05, 4.69) is 26.0 Å². The minimum Gasteiger partial charge on any atom is -0.493 e. The maximum atomic E-state index is 13.5. The number of halogens is 4. The number of para-hydroxylation sites is 1. The Balaban J connectivity index is 1.55. The van der Waals surface area contributed by atoms with Gasteiger partial charge in [-0.05, 0) is 70.4 Å². The molecular formula is C31H23BrF3N3O3. The Kier molecular flexibility index (Phi) is 7.94. The van der Waals surface area contributed by atoms with Gasteiger partial charge in [0, 0.05) is 5.56 Å². The molecule has 0 atom stereocenters. The minimum atomic E-state index is -4.56. The second-order valence-electron chi connectivity index (χ2n) is 9.20. The van der Waals surface area contributed by atoms with Gasteiger partial charge in [0.25, 0.3) is 5.56 Å². The van der Waals surface area contributed by atoms with Gasteiger partial charge in [0.2, 0.25) is 0 Å². The topological polar surface area (TPSA) is 65.7 Å². The lowest BCUT2D eigenvalue weighted by atomic mass is 10.1. The van der Waals surface area contributed by atoms with Crippen molar-refractivity contribution >= 4 is 33.0 Å². The van der Waals surface area contributed by atoms with Gasteiger partial charge in [-0.1, -0.05) is 54.1 Å². The summed E-state index contributed by atoms with van der Waals surface area (Å²) in [5.74, 6) is 0.885. The van der Waals surface area contributed by atoms with Crippen LogP contribution in [0.2, 0.25) is 0 Å². The molecular weight excluding hydrogens is 599 g/mol. The second kappa shape index (κ2) is 11.6. The lowest BCUT2D eigenvalue weighted by Gasteiger charge is -2.14. The van der Waals surface area contributed by atoms with Gasteiger partial charge in [-0.15, -0.1) is 0 Å². The Morgan fingerprint density at radius 2 is 1.78 bits per heavy atom. The Morgan fingerprint density at radius 1 is 1.00 bits per heavy atom. The average Bonchev–Trinajstić information content (AvgIpc) is 2.95. The van der Waals surface area contributed by atoms with E-state index in [1.54, 1.807) is 36.4 Å². The monoisotopic (exact) mass is 621 g/mol. The minimum absolute atomic E-state index is 0.0276. The van der Waals surface area contributed by atoms with E-state index in [9.17, 15) is 18.0 Å². The number of methoxy groups -OCH3 is 1. The highest BCUT2D eigenvalue weighted by atomic mass is 79.9. The van der Waals surface area contributed by atoms with E-state index in [0.717, 1.165) is 27.9 Å². The predicted molar refractivity (Wildman–Crippen MR) is 156 cm³/mol. The van der Waals surface area contributed by atoms with Crippen molar-refractivity contribution in [1.82, 2.24) is 9.66 Å². The van der Waals surface area contributed by atoms with Crippen LogP contribution in [0.15, 0.2) is 99.3 Å². The van der Waals surface area contributed by atoms with E-state index in [1.165, 1.54) is 25.5 Å². The molecule has 0 spiro atoms. The Morgan fingerprint density at radius 3 is 2.54 bits per heavy atom. The normalized spacial score (nSPS) is 11.8. The maximum absolute atomic E-state index is 13.5. The highest BCUT2D eigenvalue weighted by Gasteiger charge is 2.31. The summed E-state index contributed by atoms with van der Waals surface area (Å²) in [6.45, 7) is 2.32. The van der Waals surface area contributed by atoms with E-state index in [-0.39, 0.29) is 16.8 Å². The number of alkyl halides is 3. The van der Waals surface area contributed by atoms with Crippen molar-refractivity contribution < 1.29 is 22.6 Å². The number of nitrogens with zero attached hydrogens (tertiary/aromatic N) is 3. The van der Waals surface area contributed by atoms with Crippen LogP contribution in [0.3, 0.4) is 0 Å². The van der Waals surface area contributed by atoms with Crippen LogP contribution < -0.4 is 15.0 Å². The number of aromatic nitrogens is 2. The lowest BCUT2D eigenvalue weighted by Crippen LogP contribution is -2.20. The van der Waals surface area contributed by atoms with Crippen LogP contribution >= 0.6 is 15.9 Å². The van der Waals surface area contributed by atoms with Gasteiger partial charge < -0.3 is 9.47 Å². The lowest BCUT2D eigenvalue weighted by molar-refractivity contribution is -0.137. The van der Waals surface area contributed by atoms with Gasteiger partial charge in [0.05, 0.1) is 34.3 Å². The SMILES string of the molecule is COc1cc(C=Nn2c(-c3cccc(C(F)(F)F)c3)nc3ccccc3c2=O)cc(Br)c1OCc1cccc(C)c1. The summed E-state index contributed by atoms with van der Waals surface area (Å²) in [6, 6.07) is 22.6. The van der Waals surface area contributed by atoms with Crippen LogP contribution in [0, 0.1) is 6.92 Å². The third-order valence-corrected chi connectivity index (χ3v) is 6.83. The molecule has 0 aliphatic rings. The van der Waals surface area contributed by atoms with Gasteiger partial charge in [-0.25, -0.2) is 4.98 Å². The summed E-state index contributed by atoms with van der Waals surface area (Å²) in [4.78, 5) is 17.9. The molecule has 1 aromatic heterocycles. The van der Waals surface area contributed by atoms with Crippen LogP contribution in [0.1, 0.15) is 22.3 Å². The second-order valence-corrected chi connectivity index (χ2v) is 10.1. The van der Waals surface area contributed by atoms with Gasteiger partial charge in [0.15, 0.2) is 17.3 Å². The maximum Gasteiger partial charge on any atom is 0.416 e. The van der Waals surface area contributed by atoms with Crippen molar-refractivity contribution in [2.45, 2.75) is 19.7 Å². The van der Waals surface area contributed by atoms with Gasteiger partial charge in [0.1, 0.15) is 6.61 Å². The summed E-state index contributed by atoms with van der Waals surface area (Å²) < 4.78 is 53.5. The molecule has 0 saturated carbocycles. The first-order chi connectivity index (χ1) is 19.6. The molecule has 6 nitrogen and oxygen atoms in total. The zero-order valence-electron chi connectivity index (χ0n) is 21.9. The van der Waals surface area contributed by atoms with Gasteiger partial charge >= 0.3 is 6.18 Å². The standard InChI is InChI=1S/C31H23BrF3N3O3/c1-19-7-5-8-20(13-19)18-41-28-25(32)14-21(15-27(28)40-2)17-36-38-29(22-9-6-10-23(16-22)31(33,34)35)37-26-12-4-3-11-24(26)30(38)39/h3-17H,18H2,1-2H3. The van der Waals surface area contributed by atoms with Gasteiger partial charge in [-0.3, -0.25) is 4.79 Å². The fourth-order valence-corrected chi connectivity index (χ4v) is 4.86. The van der Waals surface area contributed by atoms with Crippen molar-refractivity contribution in [3.8, 4) is 22.9 Å². The molecule has 0 N–H and O–H groups in total.